The highest BCUT2D eigenvalue weighted by atomic mass is 32.1. The Hall–Kier alpha value is -3.40. The second-order valence-corrected chi connectivity index (χ2v) is 7.21. The van der Waals surface area contributed by atoms with Crippen molar-refractivity contribution in [1.82, 2.24) is 14.1 Å². The summed E-state index contributed by atoms with van der Waals surface area (Å²) in [6.07, 6.45) is 1.42. The number of hydrogen-bond donors (Lipinski definition) is 1. The summed E-state index contributed by atoms with van der Waals surface area (Å²) in [4.78, 5) is 40.2. The highest BCUT2D eigenvalue weighted by Gasteiger charge is 2.17. The van der Waals surface area contributed by atoms with Gasteiger partial charge in [-0.15, -0.1) is 11.3 Å². The lowest BCUT2D eigenvalue weighted by Gasteiger charge is -2.12. The van der Waals surface area contributed by atoms with Gasteiger partial charge in [0.25, 0.3) is 11.1 Å². The topological polar surface area (TPSA) is 76.9 Å². The predicted octanol–water partition coefficient (Wildman–Crippen LogP) is 2.43. The van der Waals surface area contributed by atoms with Crippen LogP contribution in [0.4, 0.5) is 13.2 Å². The van der Waals surface area contributed by atoms with Crippen LogP contribution in [0.3, 0.4) is 0 Å². The summed E-state index contributed by atoms with van der Waals surface area (Å²) < 4.78 is 42.7. The van der Waals surface area contributed by atoms with Crippen molar-refractivity contribution in [2.24, 2.45) is 0 Å². The molecular formula is C19H12F3N3O3S. The largest absolute Gasteiger partial charge is 0.332 e. The van der Waals surface area contributed by atoms with E-state index in [1.54, 1.807) is 17.5 Å². The predicted molar refractivity (Wildman–Crippen MR) is 102 cm³/mol. The molecule has 0 aliphatic carbocycles. The molecule has 148 valence electrons. The van der Waals surface area contributed by atoms with E-state index in [-0.39, 0.29) is 34.4 Å². The minimum Gasteiger partial charge on any atom is -0.329 e. The van der Waals surface area contributed by atoms with Crippen LogP contribution in [0.25, 0.3) is 10.2 Å². The zero-order chi connectivity index (χ0) is 20.7. The van der Waals surface area contributed by atoms with Crippen LogP contribution < -0.4 is 16.8 Å². The van der Waals surface area contributed by atoms with Gasteiger partial charge in [-0.05, 0) is 35.2 Å². The van der Waals surface area contributed by atoms with Crippen molar-refractivity contribution in [2.45, 2.75) is 13.1 Å². The quantitative estimate of drug-likeness (QED) is 0.516. The Morgan fingerprint density at radius 1 is 0.966 bits per heavy atom. The number of hydrogen-bond acceptors (Lipinski definition) is 4. The summed E-state index contributed by atoms with van der Waals surface area (Å²) in [5, 5.41) is 1.60. The van der Waals surface area contributed by atoms with Gasteiger partial charge in [0.2, 0.25) is 0 Å². The van der Waals surface area contributed by atoms with Gasteiger partial charge in [-0.25, -0.2) is 18.0 Å². The lowest BCUT2D eigenvalue weighted by molar-refractivity contribution is 0.444. The van der Waals surface area contributed by atoms with E-state index in [1.807, 2.05) is 0 Å². The van der Waals surface area contributed by atoms with Crippen LogP contribution in [0, 0.1) is 17.5 Å². The highest BCUT2D eigenvalue weighted by Crippen LogP contribution is 2.18. The molecule has 29 heavy (non-hydrogen) atoms. The molecule has 4 aromatic rings. The number of fused-ring (bicyclic) bond motifs is 1. The third-order valence-corrected chi connectivity index (χ3v) is 5.34. The summed E-state index contributed by atoms with van der Waals surface area (Å²) in [5.41, 5.74) is -1.27. The number of thiophene rings is 1. The minimum absolute atomic E-state index is 0.0127. The number of benzene rings is 1. The molecule has 4 rings (SSSR count). The molecule has 10 heteroatoms. The van der Waals surface area contributed by atoms with Crippen molar-refractivity contribution in [1.29, 1.82) is 0 Å². The first-order valence-corrected chi connectivity index (χ1v) is 9.25. The van der Waals surface area contributed by atoms with Gasteiger partial charge in [0.05, 0.1) is 18.6 Å². The first-order chi connectivity index (χ1) is 13.9. The number of halogens is 3. The number of rotatable bonds is 4. The van der Waals surface area contributed by atoms with Crippen LogP contribution in [-0.4, -0.2) is 14.1 Å². The number of aromatic nitrogens is 3. The van der Waals surface area contributed by atoms with E-state index in [1.165, 1.54) is 12.3 Å². The molecule has 0 aliphatic rings. The molecule has 0 atom stereocenters. The smallest absolute Gasteiger partial charge is 0.329 e. The van der Waals surface area contributed by atoms with E-state index in [0.29, 0.717) is 0 Å². The van der Waals surface area contributed by atoms with Crippen LogP contribution in [0.1, 0.15) is 11.1 Å². The summed E-state index contributed by atoms with van der Waals surface area (Å²) in [6.45, 7) is -0.556. The Balaban J connectivity index is 1.90. The molecule has 6 nitrogen and oxygen atoms in total. The van der Waals surface area contributed by atoms with Gasteiger partial charge in [-0.1, -0.05) is 6.07 Å². The molecule has 3 aromatic heterocycles. The van der Waals surface area contributed by atoms with Crippen molar-refractivity contribution < 1.29 is 13.2 Å². The SMILES string of the molecule is O=c1[nH]cccc1Cn1c(=O)c2sccc2n(Cc2cc(F)c(F)c(F)c2)c1=O. The number of nitrogens with zero attached hydrogens (tertiary/aromatic N) is 2. The fourth-order valence-electron chi connectivity index (χ4n) is 3.06. The Morgan fingerprint density at radius 3 is 2.38 bits per heavy atom. The average Bonchev–Trinajstić information content (AvgIpc) is 3.18. The normalized spacial score (nSPS) is 11.3. The Labute approximate surface area is 164 Å². The van der Waals surface area contributed by atoms with Crippen molar-refractivity contribution in [3.05, 3.63) is 102 Å². The third kappa shape index (κ3) is 3.31. The van der Waals surface area contributed by atoms with Crippen LogP contribution in [0.2, 0.25) is 0 Å². The Bertz CT molecular complexity index is 1390. The van der Waals surface area contributed by atoms with Gasteiger partial charge in [-0.2, -0.15) is 0 Å². The number of pyridine rings is 1. The van der Waals surface area contributed by atoms with E-state index in [4.69, 9.17) is 0 Å². The van der Waals surface area contributed by atoms with E-state index in [0.717, 1.165) is 32.6 Å². The molecule has 3 heterocycles. The van der Waals surface area contributed by atoms with Crippen LogP contribution in [-0.2, 0) is 13.1 Å². The van der Waals surface area contributed by atoms with E-state index >= 15 is 0 Å². The van der Waals surface area contributed by atoms with Crippen LogP contribution in [0.15, 0.2) is 56.3 Å². The third-order valence-electron chi connectivity index (χ3n) is 4.45. The molecule has 1 aromatic carbocycles. The molecule has 0 amide bonds. The molecule has 0 bridgehead atoms. The van der Waals surface area contributed by atoms with Crippen LogP contribution in [0.5, 0.6) is 0 Å². The number of aromatic amines is 1. The molecular weight excluding hydrogens is 407 g/mol. The summed E-state index contributed by atoms with van der Waals surface area (Å²) in [7, 11) is 0. The highest BCUT2D eigenvalue weighted by molar-refractivity contribution is 7.17. The van der Waals surface area contributed by atoms with E-state index in [9.17, 15) is 27.6 Å². The maximum Gasteiger partial charge on any atom is 0.332 e. The van der Waals surface area contributed by atoms with Gasteiger partial charge >= 0.3 is 5.69 Å². The van der Waals surface area contributed by atoms with E-state index in [2.05, 4.69) is 4.98 Å². The molecule has 0 spiro atoms. The first kappa shape index (κ1) is 18.9. The fraction of sp³-hybridized carbons (Fsp3) is 0.105. The maximum atomic E-state index is 13.6. The summed E-state index contributed by atoms with van der Waals surface area (Å²) in [6, 6.07) is 6.17. The van der Waals surface area contributed by atoms with Gasteiger partial charge < -0.3 is 4.98 Å². The summed E-state index contributed by atoms with van der Waals surface area (Å²) in [5.74, 6) is -4.35. The number of nitrogens with one attached hydrogen (secondary N) is 1. The summed E-state index contributed by atoms with van der Waals surface area (Å²) >= 11 is 1.10. The second-order valence-electron chi connectivity index (χ2n) is 6.29. The fourth-order valence-corrected chi connectivity index (χ4v) is 3.90. The minimum atomic E-state index is -1.60. The first-order valence-electron chi connectivity index (χ1n) is 8.37. The molecule has 0 saturated heterocycles. The van der Waals surface area contributed by atoms with Crippen molar-refractivity contribution in [3.8, 4) is 0 Å². The monoisotopic (exact) mass is 419 g/mol. The molecule has 0 unspecified atom stereocenters. The average molecular weight is 419 g/mol. The van der Waals surface area contributed by atoms with Gasteiger partial charge in [-0.3, -0.25) is 18.7 Å². The Morgan fingerprint density at radius 2 is 1.69 bits per heavy atom. The van der Waals surface area contributed by atoms with Crippen molar-refractivity contribution in [2.75, 3.05) is 0 Å². The van der Waals surface area contributed by atoms with Crippen molar-refractivity contribution >= 4 is 21.6 Å². The van der Waals surface area contributed by atoms with E-state index < -0.39 is 34.3 Å². The zero-order valence-electron chi connectivity index (χ0n) is 14.6. The second kappa shape index (κ2) is 7.21. The molecule has 0 saturated carbocycles. The standard InChI is InChI=1S/C19H12F3N3O3S/c20-12-6-10(7-13(21)15(12)22)8-24-14-3-5-29-16(14)18(27)25(19(24)28)9-11-2-1-4-23-17(11)26/h1-7H,8-9H2,(H,23,26). The molecule has 1 N–H and O–H groups in total. The van der Waals surface area contributed by atoms with Gasteiger partial charge in [0.1, 0.15) is 4.70 Å². The zero-order valence-corrected chi connectivity index (χ0v) is 15.4. The maximum absolute atomic E-state index is 13.6. The lowest BCUT2D eigenvalue weighted by atomic mass is 10.2. The lowest BCUT2D eigenvalue weighted by Crippen LogP contribution is -2.41. The Kier molecular flexibility index (Phi) is 4.71. The van der Waals surface area contributed by atoms with Gasteiger partial charge in [0.15, 0.2) is 17.5 Å². The molecule has 0 aliphatic heterocycles. The van der Waals surface area contributed by atoms with Gasteiger partial charge in [0, 0.05) is 11.8 Å². The van der Waals surface area contributed by atoms with Crippen molar-refractivity contribution in [3.63, 3.8) is 0 Å². The molecule has 0 fully saturated rings. The van der Waals surface area contributed by atoms with Crippen LogP contribution >= 0.6 is 11.3 Å². The molecule has 0 radical (unpaired) electrons. The number of H-pyrrole nitrogens is 1.